The number of ether oxygens (including phenoxy) is 2. The molecule has 0 aliphatic carbocycles. The molecule has 19 heavy (non-hydrogen) atoms. The molecule has 0 heterocycles. The van der Waals surface area contributed by atoms with E-state index in [-0.39, 0.29) is 6.42 Å². The predicted octanol–water partition coefficient (Wildman–Crippen LogP) is 2.22. The molecule has 0 spiro atoms. The lowest BCUT2D eigenvalue weighted by molar-refractivity contribution is -0.142. The Morgan fingerprint density at radius 3 is 2.68 bits per heavy atom. The molecule has 0 fully saturated rings. The van der Waals surface area contributed by atoms with Crippen LogP contribution in [0.4, 0.5) is 5.69 Å². The third kappa shape index (κ3) is 5.90. The number of benzene rings is 1. The highest BCUT2D eigenvalue weighted by molar-refractivity contribution is 6.01. The number of rotatable bonds is 6. The molecule has 1 N–H and O–H groups in total. The first-order chi connectivity index (χ1) is 9.01. The first-order valence-corrected chi connectivity index (χ1v) is 6.10. The number of hydrogen-bond donors (Lipinski definition) is 1. The van der Waals surface area contributed by atoms with Crippen LogP contribution in [0, 0.1) is 5.92 Å². The van der Waals surface area contributed by atoms with Gasteiger partial charge in [0.25, 0.3) is 0 Å². The smallest absolute Gasteiger partial charge is 0.315 e. The van der Waals surface area contributed by atoms with Crippen molar-refractivity contribution in [2.24, 2.45) is 5.92 Å². The molecule has 5 nitrogen and oxygen atoms in total. The summed E-state index contributed by atoms with van der Waals surface area (Å²) in [6, 6.07) is 7.05. The molecule has 0 radical (unpaired) electrons. The van der Waals surface area contributed by atoms with Gasteiger partial charge in [0.05, 0.1) is 13.7 Å². The molecule has 0 saturated heterocycles. The number of hydrogen-bond acceptors (Lipinski definition) is 4. The molecule has 1 aromatic rings. The zero-order valence-corrected chi connectivity index (χ0v) is 11.4. The Morgan fingerprint density at radius 1 is 1.32 bits per heavy atom. The first kappa shape index (κ1) is 15.0. The molecule has 1 rings (SSSR count). The Bertz CT molecular complexity index is 443. The Labute approximate surface area is 112 Å². The van der Waals surface area contributed by atoms with Crippen molar-refractivity contribution in [1.82, 2.24) is 0 Å². The zero-order valence-electron chi connectivity index (χ0n) is 11.4. The van der Waals surface area contributed by atoms with Gasteiger partial charge in [-0.3, -0.25) is 9.59 Å². The Hall–Kier alpha value is -2.04. The number of nitrogens with one attached hydrogen (secondary N) is 1. The van der Waals surface area contributed by atoms with Gasteiger partial charge in [0.15, 0.2) is 0 Å². The second-order valence-corrected chi connectivity index (χ2v) is 4.53. The number of anilines is 1. The lowest BCUT2D eigenvalue weighted by Gasteiger charge is -2.10. The van der Waals surface area contributed by atoms with Crippen LogP contribution < -0.4 is 10.1 Å². The Morgan fingerprint density at radius 2 is 2.05 bits per heavy atom. The summed E-state index contributed by atoms with van der Waals surface area (Å²) in [6.07, 6.45) is -0.298. The SMILES string of the molecule is COC(=O)CC(=O)Nc1cccc(OCC(C)C)c1. The van der Waals surface area contributed by atoms with Crippen molar-refractivity contribution in [3.05, 3.63) is 24.3 Å². The highest BCUT2D eigenvalue weighted by Gasteiger charge is 2.09. The van der Waals surface area contributed by atoms with Crippen molar-refractivity contribution in [3.63, 3.8) is 0 Å². The summed E-state index contributed by atoms with van der Waals surface area (Å²) >= 11 is 0. The molecule has 0 aromatic heterocycles. The minimum absolute atomic E-state index is 0.298. The van der Waals surface area contributed by atoms with Crippen molar-refractivity contribution in [3.8, 4) is 5.75 Å². The van der Waals surface area contributed by atoms with Crippen LogP contribution >= 0.6 is 0 Å². The van der Waals surface area contributed by atoms with Gasteiger partial charge < -0.3 is 14.8 Å². The number of carbonyl (C=O) groups is 2. The second kappa shape index (κ2) is 7.41. The average Bonchev–Trinajstić information content (AvgIpc) is 2.36. The van der Waals surface area contributed by atoms with Gasteiger partial charge in [0, 0.05) is 11.8 Å². The number of esters is 1. The summed E-state index contributed by atoms with van der Waals surface area (Å²) in [7, 11) is 1.25. The molecular formula is C14H19NO4. The minimum Gasteiger partial charge on any atom is -0.493 e. The predicted molar refractivity (Wildman–Crippen MR) is 72.0 cm³/mol. The molecule has 1 amide bonds. The van der Waals surface area contributed by atoms with Crippen molar-refractivity contribution in [2.45, 2.75) is 20.3 Å². The maximum absolute atomic E-state index is 11.5. The fourth-order valence-electron chi connectivity index (χ4n) is 1.33. The molecule has 5 heteroatoms. The average molecular weight is 265 g/mol. The maximum Gasteiger partial charge on any atom is 0.315 e. The molecule has 0 unspecified atom stereocenters. The molecular weight excluding hydrogens is 246 g/mol. The highest BCUT2D eigenvalue weighted by Crippen LogP contribution is 2.18. The van der Waals surface area contributed by atoms with Crippen molar-refractivity contribution < 1.29 is 19.1 Å². The van der Waals surface area contributed by atoms with Crippen LogP contribution in [0.3, 0.4) is 0 Å². The lowest BCUT2D eigenvalue weighted by Crippen LogP contribution is -2.17. The normalized spacial score (nSPS) is 10.1. The Balaban J connectivity index is 2.56. The standard InChI is InChI=1S/C14H19NO4/c1-10(2)9-19-12-6-4-5-11(7-12)15-13(16)8-14(17)18-3/h4-7,10H,8-9H2,1-3H3,(H,15,16). The molecule has 0 bridgehead atoms. The van der Waals surface area contributed by atoms with Gasteiger partial charge in [-0.05, 0) is 18.1 Å². The van der Waals surface area contributed by atoms with E-state index in [1.807, 2.05) is 6.07 Å². The van der Waals surface area contributed by atoms with Crippen LogP contribution in [0.25, 0.3) is 0 Å². The second-order valence-electron chi connectivity index (χ2n) is 4.53. The van der Waals surface area contributed by atoms with Gasteiger partial charge in [0.1, 0.15) is 12.2 Å². The molecule has 0 atom stereocenters. The quantitative estimate of drug-likeness (QED) is 0.632. The van der Waals surface area contributed by atoms with Crippen LogP contribution in [0.1, 0.15) is 20.3 Å². The lowest BCUT2D eigenvalue weighted by atomic mass is 10.2. The summed E-state index contributed by atoms with van der Waals surface area (Å²) in [5, 5.41) is 2.62. The van der Waals surface area contributed by atoms with Crippen LogP contribution in [-0.4, -0.2) is 25.6 Å². The molecule has 0 saturated carbocycles. The van der Waals surface area contributed by atoms with Crippen molar-refractivity contribution in [1.29, 1.82) is 0 Å². The summed E-state index contributed by atoms with van der Waals surface area (Å²) in [6.45, 7) is 4.73. The summed E-state index contributed by atoms with van der Waals surface area (Å²) in [4.78, 5) is 22.5. The Kier molecular flexibility index (Phi) is 5.85. The van der Waals surface area contributed by atoms with Crippen LogP contribution in [0.2, 0.25) is 0 Å². The first-order valence-electron chi connectivity index (χ1n) is 6.10. The summed E-state index contributed by atoms with van der Waals surface area (Å²) in [5.74, 6) is 0.139. The fraction of sp³-hybridized carbons (Fsp3) is 0.429. The van der Waals surface area contributed by atoms with E-state index in [1.54, 1.807) is 18.2 Å². The van der Waals surface area contributed by atoms with Gasteiger partial charge >= 0.3 is 5.97 Å². The molecule has 0 aliphatic heterocycles. The fourth-order valence-corrected chi connectivity index (χ4v) is 1.33. The van der Waals surface area contributed by atoms with E-state index < -0.39 is 11.9 Å². The van der Waals surface area contributed by atoms with Crippen molar-refractivity contribution >= 4 is 17.6 Å². The zero-order chi connectivity index (χ0) is 14.3. The number of amides is 1. The number of carbonyl (C=O) groups excluding carboxylic acids is 2. The van der Waals surface area contributed by atoms with E-state index >= 15 is 0 Å². The van der Waals surface area contributed by atoms with Crippen molar-refractivity contribution in [2.75, 3.05) is 19.0 Å². The van der Waals surface area contributed by atoms with E-state index in [2.05, 4.69) is 23.9 Å². The van der Waals surface area contributed by atoms with Crippen LogP contribution in [0.15, 0.2) is 24.3 Å². The monoisotopic (exact) mass is 265 g/mol. The van der Waals surface area contributed by atoms with Gasteiger partial charge in [-0.2, -0.15) is 0 Å². The summed E-state index contributed by atoms with van der Waals surface area (Å²) in [5.41, 5.74) is 0.593. The third-order valence-corrected chi connectivity index (χ3v) is 2.23. The van der Waals surface area contributed by atoms with Crippen LogP contribution in [-0.2, 0) is 14.3 Å². The van der Waals surface area contributed by atoms with E-state index in [1.165, 1.54) is 7.11 Å². The van der Waals surface area contributed by atoms with Crippen LogP contribution in [0.5, 0.6) is 5.75 Å². The van der Waals surface area contributed by atoms with Gasteiger partial charge in [0.2, 0.25) is 5.91 Å². The van der Waals surface area contributed by atoms with E-state index in [9.17, 15) is 9.59 Å². The minimum atomic E-state index is -0.565. The molecule has 1 aromatic carbocycles. The van der Waals surface area contributed by atoms with E-state index in [0.717, 1.165) is 0 Å². The van der Waals surface area contributed by atoms with E-state index in [4.69, 9.17) is 4.74 Å². The topological polar surface area (TPSA) is 64.6 Å². The molecule has 0 aliphatic rings. The van der Waals surface area contributed by atoms with Gasteiger partial charge in [-0.15, -0.1) is 0 Å². The number of methoxy groups -OCH3 is 1. The highest BCUT2D eigenvalue weighted by atomic mass is 16.5. The third-order valence-electron chi connectivity index (χ3n) is 2.23. The summed E-state index contributed by atoms with van der Waals surface area (Å²) < 4.78 is 9.97. The van der Waals surface area contributed by atoms with E-state index in [0.29, 0.717) is 24.0 Å². The maximum atomic E-state index is 11.5. The van der Waals surface area contributed by atoms with Gasteiger partial charge in [-0.25, -0.2) is 0 Å². The largest absolute Gasteiger partial charge is 0.493 e. The molecule has 104 valence electrons. The van der Waals surface area contributed by atoms with Gasteiger partial charge in [-0.1, -0.05) is 19.9 Å².